The van der Waals surface area contributed by atoms with E-state index >= 15 is 0 Å². The van der Waals surface area contributed by atoms with E-state index in [1.165, 1.54) is 13.0 Å². The van der Waals surface area contributed by atoms with E-state index in [1.807, 2.05) is 0 Å². The molecule has 2 aliphatic rings. The van der Waals surface area contributed by atoms with Gasteiger partial charge in [0.05, 0.1) is 16.8 Å². The van der Waals surface area contributed by atoms with E-state index in [9.17, 15) is 19.2 Å². The third-order valence-electron chi connectivity index (χ3n) is 4.70. The lowest BCUT2D eigenvalue weighted by molar-refractivity contribution is -0.122. The van der Waals surface area contributed by atoms with Crippen LogP contribution in [0.25, 0.3) is 0 Å². The summed E-state index contributed by atoms with van der Waals surface area (Å²) in [5.74, 6) is -1.45. The molecule has 0 atom stereocenters. The van der Waals surface area contributed by atoms with Gasteiger partial charge in [-0.1, -0.05) is 25.3 Å². The molecule has 3 amide bonds. The lowest BCUT2D eigenvalue weighted by Crippen LogP contribution is -2.56. The van der Waals surface area contributed by atoms with Crippen molar-refractivity contribution in [3.63, 3.8) is 0 Å². The van der Waals surface area contributed by atoms with Gasteiger partial charge in [-0.05, 0) is 36.6 Å². The number of carbonyl (C=O) groups is 4. The normalized spacial score (nSPS) is 19.2. The molecule has 1 aromatic carbocycles. The molecule has 0 aromatic heterocycles. The van der Waals surface area contributed by atoms with Gasteiger partial charge in [0.25, 0.3) is 11.8 Å². The first-order chi connectivity index (χ1) is 11.4. The average molecular weight is 349 g/mol. The third-order valence-corrected chi connectivity index (χ3v) is 5.05. The Morgan fingerprint density at radius 2 is 1.79 bits per heavy atom. The van der Waals surface area contributed by atoms with Crippen molar-refractivity contribution in [1.29, 1.82) is 0 Å². The van der Waals surface area contributed by atoms with Gasteiger partial charge in [-0.25, -0.2) is 0 Å². The maximum atomic E-state index is 13.0. The first kappa shape index (κ1) is 16.6. The van der Waals surface area contributed by atoms with Gasteiger partial charge in [-0.15, -0.1) is 0 Å². The molecule has 6 nitrogen and oxygen atoms in total. The van der Waals surface area contributed by atoms with Crippen LogP contribution >= 0.6 is 11.6 Å². The Morgan fingerprint density at radius 1 is 1.12 bits per heavy atom. The fourth-order valence-electron chi connectivity index (χ4n) is 3.61. The van der Waals surface area contributed by atoms with Gasteiger partial charge in [0.15, 0.2) is 0 Å². The van der Waals surface area contributed by atoms with Crippen LogP contribution in [-0.4, -0.2) is 33.4 Å². The van der Waals surface area contributed by atoms with Crippen LogP contribution < -0.4 is 5.32 Å². The van der Waals surface area contributed by atoms with Crippen molar-refractivity contribution in [1.82, 2.24) is 4.90 Å². The predicted octanol–water partition coefficient (Wildman–Crippen LogP) is 2.71. The first-order valence-electron chi connectivity index (χ1n) is 7.88. The number of nitrogens with one attached hydrogen (secondary N) is 1. The first-order valence-corrected chi connectivity index (χ1v) is 8.26. The van der Waals surface area contributed by atoms with Crippen LogP contribution in [0.15, 0.2) is 18.2 Å². The van der Waals surface area contributed by atoms with Crippen molar-refractivity contribution in [2.24, 2.45) is 0 Å². The van der Waals surface area contributed by atoms with Crippen LogP contribution in [0, 0.1) is 0 Å². The van der Waals surface area contributed by atoms with E-state index < -0.39 is 22.6 Å². The topological polar surface area (TPSA) is 83.6 Å². The molecule has 0 saturated heterocycles. The minimum atomic E-state index is -1.29. The van der Waals surface area contributed by atoms with Crippen LogP contribution in [0.2, 0.25) is 0 Å². The zero-order valence-electron chi connectivity index (χ0n) is 13.2. The van der Waals surface area contributed by atoms with E-state index in [0.29, 0.717) is 12.8 Å². The molecule has 1 N–H and O–H groups in total. The van der Waals surface area contributed by atoms with Gasteiger partial charge in [0, 0.05) is 6.92 Å². The van der Waals surface area contributed by atoms with E-state index in [1.54, 1.807) is 12.1 Å². The molecule has 0 bridgehead atoms. The summed E-state index contributed by atoms with van der Waals surface area (Å²) in [5.41, 5.74) is -0.705. The molecule has 0 spiro atoms. The number of rotatable bonds is 3. The molecule has 0 radical (unpaired) electrons. The molecule has 1 fully saturated rings. The van der Waals surface area contributed by atoms with Gasteiger partial charge < -0.3 is 5.32 Å². The highest BCUT2D eigenvalue weighted by Crippen LogP contribution is 2.42. The molecule has 0 unspecified atom stereocenters. The number of carbonyl (C=O) groups excluding carboxylic acids is 4. The number of hydrogen-bond acceptors (Lipinski definition) is 4. The Kier molecular flexibility index (Phi) is 4.17. The summed E-state index contributed by atoms with van der Waals surface area (Å²) in [6.45, 7) is 1.32. The number of anilines is 1. The van der Waals surface area contributed by atoms with Gasteiger partial charge in [0.1, 0.15) is 5.54 Å². The zero-order valence-corrected chi connectivity index (χ0v) is 14.0. The summed E-state index contributed by atoms with van der Waals surface area (Å²) < 4.78 is 0. The van der Waals surface area contributed by atoms with E-state index in [-0.39, 0.29) is 22.7 Å². The second-order valence-electron chi connectivity index (χ2n) is 6.22. The SMILES string of the molecule is CC(=O)Nc1cccc2c1C(=O)N(C1(C(=O)Cl)CCCCC1)C2=O. The molecule has 126 valence electrons. The standard InChI is InChI=1S/C17H17ClN2O4/c1-10(21)19-12-7-5-6-11-13(12)15(23)20(14(11)22)17(16(18)24)8-3-2-4-9-17/h5-7H,2-4,8-9H2,1H3,(H,19,21). The van der Waals surface area contributed by atoms with Gasteiger partial charge in [-0.2, -0.15) is 0 Å². The number of benzene rings is 1. The number of fused-ring (bicyclic) bond motifs is 1. The molecular weight excluding hydrogens is 332 g/mol. The second-order valence-corrected chi connectivity index (χ2v) is 6.56. The van der Waals surface area contributed by atoms with Crippen molar-refractivity contribution in [3.8, 4) is 0 Å². The smallest absolute Gasteiger partial charge is 0.264 e. The monoisotopic (exact) mass is 348 g/mol. The number of halogens is 1. The van der Waals surface area contributed by atoms with Crippen molar-refractivity contribution in [2.45, 2.75) is 44.6 Å². The molecule has 1 aromatic rings. The second kappa shape index (κ2) is 6.02. The summed E-state index contributed by atoms with van der Waals surface area (Å²) >= 11 is 5.84. The number of amides is 3. The largest absolute Gasteiger partial charge is 0.326 e. The number of hydrogen-bond donors (Lipinski definition) is 1. The summed E-state index contributed by atoms with van der Waals surface area (Å²) in [5, 5.41) is 1.88. The van der Waals surface area contributed by atoms with Crippen LogP contribution in [0.4, 0.5) is 5.69 Å². The minimum Gasteiger partial charge on any atom is -0.326 e. The molecule has 1 saturated carbocycles. The fraction of sp³-hybridized carbons (Fsp3) is 0.412. The van der Waals surface area contributed by atoms with Crippen LogP contribution in [0.3, 0.4) is 0 Å². The summed E-state index contributed by atoms with van der Waals surface area (Å²) in [7, 11) is 0. The quantitative estimate of drug-likeness (QED) is 0.672. The fourth-order valence-corrected chi connectivity index (χ4v) is 3.89. The van der Waals surface area contributed by atoms with Crippen LogP contribution in [-0.2, 0) is 9.59 Å². The Morgan fingerprint density at radius 3 is 2.38 bits per heavy atom. The van der Waals surface area contributed by atoms with Crippen molar-refractivity contribution in [3.05, 3.63) is 29.3 Å². The Bertz CT molecular complexity index is 753. The number of nitrogens with zero attached hydrogens (tertiary/aromatic N) is 1. The summed E-state index contributed by atoms with van der Waals surface area (Å²) in [6.07, 6.45) is 3.13. The molecule has 24 heavy (non-hydrogen) atoms. The lowest BCUT2D eigenvalue weighted by Gasteiger charge is -2.40. The van der Waals surface area contributed by atoms with Crippen molar-refractivity contribution in [2.75, 3.05) is 5.32 Å². The third kappa shape index (κ3) is 2.41. The highest BCUT2D eigenvalue weighted by atomic mass is 35.5. The highest BCUT2D eigenvalue weighted by molar-refractivity contribution is 6.66. The van der Waals surface area contributed by atoms with Crippen LogP contribution in [0.1, 0.15) is 59.7 Å². The summed E-state index contributed by atoms with van der Waals surface area (Å²) in [4.78, 5) is 50.3. The maximum Gasteiger partial charge on any atom is 0.264 e. The maximum absolute atomic E-state index is 13.0. The minimum absolute atomic E-state index is 0.126. The van der Waals surface area contributed by atoms with Gasteiger partial charge in [-0.3, -0.25) is 24.1 Å². The molecular formula is C17H17ClN2O4. The summed E-state index contributed by atoms with van der Waals surface area (Å²) in [6, 6.07) is 4.68. The van der Waals surface area contributed by atoms with E-state index in [4.69, 9.17) is 11.6 Å². The Balaban J connectivity index is 2.10. The van der Waals surface area contributed by atoms with Gasteiger partial charge in [0.2, 0.25) is 11.1 Å². The van der Waals surface area contributed by atoms with E-state index in [2.05, 4.69) is 5.32 Å². The molecule has 1 heterocycles. The van der Waals surface area contributed by atoms with Crippen LogP contribution in [0.5, 0.6) is 0 Å². The van der Waals surface area contributed by atoms with E-state index in [0.717, 1.165) is 24.2 Å². The Labute approximate surface area is 144 Å². The molecule has 1 aliphatic heterocycles. The van der Waals surface area contributed by atoms with Crippen molar-refractivity contribution >= 4 is 40.3 Å². The predicted molar refractivity (Wildman–Crippen MR) is 87.9 cm³/mol. The van der Waals surface area contributed by atoms with Gasteiger partial charge >= 0.3 is 0 Å². The zero-order chi connectivity index (χ0) is 17.5. The highest BCUT2D eigenvalue weighted by Gasteiger charge is 2.53. The Hall–Kier alpha value is -2.21. The lowest BCUT2D eigenvalue weighted by atomic mass is 9.81. The molecule has 3 rings (SSSR count). The number of imide groups is 1. The van der Waals surface area contributed by atoms with Crippen molar-refractivity contribution < 1.29 is 19.2 Å². The molecule has 1 aliphatic carbocycles. The average Bonchev–Trinajstić information content (AvgIpc) is 2.80. The molecule has 7 heteroatoms.